The van der Waals surface area contributed by atoms with Gasteiger partial charge in [-0.05, 0) is 25.1 Å². The summed E-state index contributed by atoms with van der Waals surface area (Å²) in [6.07, 6.45) is 0. The Labute approximate surface area is 88.3 Å². The van der Waals surface area contributed by atoms with Crippen molar-refractivity contribution in [3.05, 3.63) is 24.0 Å². The highest BCUT2D eigenvalue weighted by atomic mass is 15.3. The number of aromatic amines is 1. The van der Waals surface area contributed by atoms with Crippen molar-refractivity contribution in [2.24, 2.45) is 5.84 Å². The van der Waals surface area contributed by atoms with Gasteiger partial charge in [-0.1, -0.05) is 0 Å². The summed E-state index contributed by atoms with van der Waals surface area (Å²) in [5.41, 5.74) is 5.76. The molecule has 0 aliphatic heterocycles. The smallest absolute Gasteiger partial charge is 0.104 e. The van der Waals surface area contributed by atoms with Gasteiger partial charge in [0, 0.05) is 12.7 Å². The Morgan fingerprint density at radius 3 is 3.07 bits per heavy atom. The number of hydrogen-bond donors (Lipinski definition) is 3. The Kier molecular flexibility index (Phi) is 2.57. The lowest BCUT2D eigenvalue weighted by atomic mass is 10.2. The number of imidazole rings is 1. The fraction of sp³-hybridized carbons (Fsp3) is 0.300. The average Bonchev–Trinajstić information content (AvgIpc) is 2.57. The predicted octanol–water partition coefficient (Wildman–Crippen LogP) is 0.728. The van der Waals surface area contributed by atoms with Gasteiger partial charge in [-0.25, -0.2) is 10.4 Å². The first-order chi connectivity index (χ1) is 7.20. The van der Waals surface area contributed by atoms with Crippen molar-refractivity contribution in [1.82, 2.24) is 15.4 Å². The topological polar surface area (TPSA) is 70.0 Å². The molecule has 0 spiro atoms. The highest BCUT2D eigenvalue weighted by Crippen LogP contribution is 2.19. The number of aryl methyl sites for hydroxylation is 1. The maximum absolute atomic E-state index is 5.27. The molecule has 0 atom stereocenters. The lowest BCUT2D eigenvalue weighted by Crippen LogP contribution is -2.35. The summed E-state index contributed by atoms with van der Waals surface area (Å²) in [4.78, 5) is 9.57. The van der Waals surface area contributed by atoms with Gasteiger partial charge in [-0.15, -0.1) is 0 Å². The van der Waals surface area contributed by atoms with Crippen LogP contribution in [0.4, 0.5) is 5.69 Å². The van der Waals surface area contributed by atoms with Crippen LogP contribution >= 0.6 is 0 Å². The van der Waals surface area contributed by atoms with Gasteiger partial charge in [-0.3, -0.25) is 5.84 Å². The number of aromatic nitrogens is 2. The lowest BCUT2D eigenvalue weighted by Gasteiger charge is -2.18. The summed E-state index contributed by atoms with van der Waals surface area (Å²) in [5, 5.41) is 0. The third-order valence-corrected chi connectivity index (χ3v) is 2.35. The molecule has 1 heterocycles. The quantitative estimate of drug-likeness (QED) is 0.392. The first-order valence-electron chi connectivity index (χ1n) is 4.81. The minimum Gasteiger partial charge on any atom is -0.361 e. The SMILES string of the molecule is Cc1nc2ccc(N(C)CNN)cc2[nH]1. The minimum atomic E-state index is 0.610. The molecule has 0 aliphatic rings. The summed E-state index contributed by atoms with van der Waals surface area (Å²) < 4.78 is 0. The molecule has 15 heavy (non-hydrogen) atoms. The number of fused-ring (bicyclic) bond motifs is 1. The van der Waals surface area contributed by atoms with Crippen molar-refractivity contribution in [3.8, 4) is 0 Å². The number of hydrogen-bond acceptors (Lipinski definition) is 4. The van der Waals surface area contributed by atoms with E-state index >= 15 is 0 Å². The monoisotopic (exact) mass is 205 g/mol. The van der Waals surface area contributed by atoms with Crippen LogP contribution in [-0.4, -0.2) is 23.7 Å². The summed E-state index contributed by atoms with van der Waals surface area (Å²) in [6, 6.07) is 6.09. The number of anilines is 1. The van der Waals surface area contributed by atoms with E-state index in [1.54, 1.807) is 0 Å². The maximum atomic E-state index is 5.27. The molecule has 0 aliphatic carbocycles. The molecule has 0 radical (unpaired) electrons. The van der Waals surface area contributed by atoms with Crippen LogP contribution in [0.25, 0.3) is 11.0 Å². The molecule has 1 aromatic heterocycles. The van der Waals surface area contributed by atoms with Gasteiger partial charge >= 0.3 is 0 Å². The molecule has 0 bridgehead atoms. The van der Waals surface area contributed by atoms with Crippen LogP contribution in [0.15, 0.2) is 18.2 Å². The first-order valence-corrected chi connectivity index (χ1v) is 4.81. The van der Waals surface area contributed by atoms with Crippen molar-refractivity contribution >= 4 is 16.7 Å². The van der Waals surface area contributed by atoms with Crippen LogP contribution < -0.4 is 16.2 Å². The van der Waals surface area contributed by atoms with Crippen molar-refractivity contribution in [2.45, 2.75) is 6.92 Å². The van der Waals surface area contributed by atoms with Crippen LogP contribution in [0.3, 0.4) is 0 Å². The van der Waals surface area contributed by atoms with Crippen molar-refractivity contribution < 1.29 is 0 Å². The molecule has 1 aromatic carbocycles. The molecule has 5 heteroatoms. The first kappa shape index (κ1) is 9.95. The Morgan fingerprint density at radius 1 is 1.53 bits per heavy atom. The van der Waals surface area contributed by atoms with Gasteiger partial charge in [-0.2, -0.15) is 0 Å². The Bertz CT molecular complexity index is 462. The van der Waals surface area contributed by atoms with E-state index in [1.807, 2.05) is 31.0 Å². The molecule has 0 saturated heterocycles. The van der Waals surface area contributed by atoms with E-state index in [0.29, 0.717) is 6.67 Å². The molecular weight excluding hydrogens is 190 g/mol. The van der Waals surface area contributed by atoms with Gasteiger partial charge in [0.15, 0.2) is 0 Å². The lowest BCUT2D eigenvalue weighted by molar-refractivity contribution is 0.718. The highest BCUT2D eigenvalue weighted by Gasteiger charge is 2.03. The zero-order valence-electron chi connectivity index (χ0n) is 8.91. The van der Waals surface area contributed by atoms with E-state index in [9.17, 15) is 0 Å². The fourth-order valence-electron chi connectivity index (χ4n) is 1.59. The average molecular weight is 205 g/mol. The molecule has 0 amide bonds. The summed E-state index contributed by atoms with van der Waals surface area (Å²) in [7, 11) is 1.98. The second-order valence-corrected chi connectivity index (χ2v) is 3.58. The molecule has 2 aromatic rings. The second-order valence-electron chi connectivity index (χ2n) is 3.58. The van der Waals surface area contributed by atoms with E-state index in [4.69, 9.17) is 5.84 Å². The Balaban J connectivity index is 2.37. The summed E-state index contributed by atoms with van der Waals surface area (Å²) in [6.45, 7) is 2.56. The van der Waals surface area contributed by atoms with E-state index in [-0.39, 0.29) is 0 Å². The van der Waals surface area contributed by atoms with Crippen LogP contribution in [0.5, 0.6) is 0 Å². The molecule has 5 nitrogen and oxygen atoms in total. The fourth-order valence-corrected chi connectivity index (χ4v) is 1.59. The Morgan fingerprint density at radius 2 is 2.33 bits per heavy atom. The van der Waals surface area contributed by atoms with Crippen LogP contribution in [0, 0.1) is 6.92 Å². The van der Waals surface area contributed by atoms with E-state index in [0.717, 1.165) is 22.5 Å². The van der Waals surface area contributed by atoms with Crippen molar-refractivity contribution in [2.75, 3.05) is 18.6 Å². The number of nitrogens with two attached hydrogens (primary N) is 1. The molecule has 4 N–H and O–H groups in total. The second kappa shape index (κ2) is 3.88. The van der Waals surface area contributed by atoms with Crippen molar-refractivity contribution in [1.29, 1.82) is 0 Å². The van der Waals surface area contributed by atoms with Gasteiger partial charge in [0.05, 0.1) is 17.7 Å². The zero-order chi connectivity index (χ0) is 10.8. The van der Waals surface area contributed by atoms with Gasteiger partial charge < -0.3 is 9.88 Å². The van der Waals surface area contributed by atoms with Gasteiger partial charge in [0.2, 0.25) is 0 Å². The number of rotatable bonds is 3. The third kappa shape index (κ3) is 1.93. The number of nitrogens with zero attached hydrogens (tertiary/aromatic N) is 2. The largest absolute Gasteiger partial charge is 0.361 e. The molecular formula is C10H15N5. The number of nitrogens with one attached hydrogen (secondary N) is 2. The van der Waals surface area contributed by atoms with Crippen LogP contribution in [0.1, 0.15) is 5.82 Å². The zero-order valence-corrected chi connectivity index (χ0v) is 8.91. The van der Waals surface area contributed by atoms with Gasteiger partial charge in [0.1, 0.15) is 5.82 Å². The predicted molar refractivity (Wildman–Crippen MR) is 61.4 cm³/mol. The van der Waals surface area contributed by atoms with E-state index < -0.39 is 0 Å². The molecule has 0 fully saturated rings. The highest BCUT2D eigenvalue weighted by molar-refractivity contribution is 5.79. The maximum Gasteiger partial charge on any atom is 0.104 e. The number of benzene rings is 1. The number of hydrazine groups is 1. The third-order valence-electron chi connectivity index (χ3n) is 2.35. The normalized spacial score (nSPS) is 10.9. The van der Waals surface area contributed by atoms with Gasteiger partial charge in [0.25, 0.3) is 0 Å². The van der Waals surface area contributed by atoms with Crippen LogP contribution in [0.2, 0.25) is 0 Å². The molecule has 0 saturated carbocycles. The molecule has 2 rings (SSSR count). The van der Waals surface area contributed by atoms with Crippen LogP contribution in [-0.2, 0) is 0 Å². The van der Waals surface area contributed by atoms with E-state index in [1.165, 1.54) is 0 Å². The summed E-state index contributed by atoms with van der Waals surface area (Å²) >= 11 is 0. The van der Waals surface area contributed by atoms with Crippen molar-refractivity contribution in [3.63, 3.8) is 0 Å². The molecule has 0 unspecified atom stereocenters. The van der Waals surface area contributed by atoms with E-state index in [2.05, 4.69) is 21.5 Å². The number of H-pyrrole nitrogens is 1. The Hall–Kier alpha value is -1.59. The standard InChI is InChI=1S/C10H15N5/c1-7-13-9-4-3-8(5-10(9)14-7)15(2)6-12-11/h3-5,12H,6,11H2,1-2H3,(H,13,14). The molecule has 80 valence electrons. The summed E-state index contributed by atoms with van der Waals surface area (Å²) in [5.74, 6) is 6.20. The minimum absolute atomic E-state index is 0.610.